The Hall–Kier alpha value is -3.27. The molecular weight excluding hydrogens is 633 g/mol. The number of aliphatic hydroxyl groups is 5. The monoisotopic (exact) mass is 678 g/mol. The first-order chi connectivity index (χ1) is 22.8. The molecular formula is C34H45F3N4O7. The van der Waals surface area contributed by atoms with Crippen molar-refractivity contribution < 1.29 is 48.3 Å². The van der Waals surface area contributed by atoms with E-state index in [-0.39, 0.29) is 24.4 Å². The van der Waals surface area contributed by atoms with E-state index in [4.69, 9.17) is 5.11 Å². The lowest BCUT2D eigenvalue weighted by Gasteiger charge is -2.39. The van der Waals surface area contributed by atoms with Crippen molar-refractivity contribution in [2.45, 2.75) is 100 Å². The topological polar surface area (TPSA) is 166 Å². The smallest absolute Gasteiger partial charge is 0.394 e. The number of nitrogens with one attached hydrogen (secondary N) is 2. The van der Waals surface area contributed by atoms with Crippen molar-refractivity contribution in [3.63, 3.8) is 0 Å². The molecule has 5 rings (SSSR count). The number of aryl methyl sites for hydroxylation is 1. The molecule has 0 unspecified atom stereocenters. The summed E-state index contributed by atoms with van der Waals surface area (Å²) in [5.74, 6) is -0.555. The molecule has 1 heterocycles. The maximum Gasteiger partial charge on any atom is 0.416 e. The van der Waals surface area contributed by atoms with Crippen LogP contribution in [0.2, 0.25) is 0 Å². The number of amides is 2. The van der Waals surface area contributed by atoms with Crippen molar-refractivity contribution in [2.75, 3.05) is 36.0 Å². The van der Waals surface area contributed by atoms with E-state index in [0.29, 0.717) is 50.3 Å². The van der Waals surface area contributed by atoms with Crippen molar-refractivity contribution >= 4 is 23.2 Å². The summed E-state index contributed by atoms with van der Waals surface area (Å²) in [7, 11) is 0. The molecule has 7 N–H and O–H groups in total. The van der Waals surface area contributed by atoms with Crippen molar-refractivity contribution in [3.8, 4) is 0 Å². The van der Waals surface area contributed by atoms with Crippen molar-refractivity contribution in [2.24, 2.45) is 0 Å². The molecule has 2 saturated carbocycles. The second-order valence-electron chi connectivity index (χ2n) is 13.1. The number of fused-ring (bicyclic) bond motifs is 1. The van der Waals surface area contributed by atoms with Crippen LogP contribution in [0.4, 0.5) is 24.5 Å². The molecule has 2 aliphatic carbocycles. The van der Waals surface area contributed by atoms with E-state index < -0.39 is 60.8 Å². The van der Waals surface area contributed by atoms with Gasteiger partial charge >= 0.3 is 6.18 Å². The molecule has 2 fully saturated rings. The molecule has 2 aromatic rings. The first kappa shape index (κ1) is 36.0. The zero-order valence-electron chi connectivity index (χ0n) is 26.7. The lowest BCUT2D eigenvalue weighted by molar-refractivity contribution is -0.138. The van der Waals surface area contributed by atoms with Gasteiger partial charge in [0, 0.05) is 38.6 Å². The number of carbonyl (C=O) groups is 2. The number of halogens is 3. The summed E-state index contributed by atoms with van der Waals surface area (Å²) in [5.41, 5.74) is 0.897. The third kappa shape index (κ3) is 8.47. The molecule has 2 aromatic carbocycles. The van der Waals surface area contributed by atoms with Crippen LogP contribution in [-0.4, -0.2) is 99.6 Å². The van der Waals surface area contributed by atoms with Crippen LogP contribution in [0.3, 0.4) is 0 Å². The molecule has 11 nitrogen and oxygen atoms in total. The number of aliphatic hydroxyl groups excluding tert-OH is 5. The number of unbranched alkanes of at least 4 members (excludes halogenated alkanes) is 1. The fraction of sp³-hybridized carbons (Fsp3) is 0.588. The predicted molar refractivity (Wildman–Crippen MR) is 171 cm³/mol. The van der Waals surface area contributed by atoms with Crippen molar-refractivity contribution in [3.05, 3.63) is 59.2 Å². The Balaban J connectivity index is 1.14. The molecule has 0 radical (unpaired) electrons. The second kappa shape index (κ2) is 15.1. The van der Waals surface area contributed by atoms with Crippen LogP contribution in [0.5, 0.6) is 0 Å². The highest BCUT2D eigenvalue weighted by Crippen LogP contribution is 2.44. The van der Waals surface area contributed by atoms with E-state index in [1.165, 1.54) is 12.1 Å². The van der Waals surface area contributed by atoms with Gasteiger partial charge in [0.05, 0.1) is 35.2 Å². The lowest BCUT2D eigenvalue weighted by Crippen LogP contribution is -2.53. The summed E-state index contributed by atoms with van der Waals surface area (Å²) in [6, 6.07) is 12.3. The highest BCUT2D eigenvalue weighted by Gasteiger charge is 2.53. The van der Waals surface area contributed by atoms with Gasteiger partial charge in [-0.05, 0) is 74.3 Å². The summed E-state index contributed by atoms with van der Waals surface area (Å²) in [4.78, 5) is 30.2. The Morgan fingerprint density at radius 1 is 0.938 bits per heavy atom. The number of alkyl halides is 3. The SMILES string of the molecule is O=C(CCCCc1ccc(C(F)(F)F)c(CNC2(C(=O)N3CCN(C4CC4)c4ccccc43)CC2)c1)NC[C@H](O)[C@@H](O)[C@H](O)[C@H](O)CO. The fourth-order valence-corrected chi connectivity index (χ4v) is 6.31. The number of hydrogen-bond acceptors (Lipinski definition) is 9. The Labute approximate surface area is 277 Å². The zero-order chi connectivity index (χ0) is 34.6. The Kier molecular flexibility index (Phi) is 11.3. The minimum Gasteiger partial charge on any atom is -0.394 e. The van der Waals surface area contributed by atoms with Crippen LogP contribution in [0, 0.1) is 0 Å². The second-order valence-corrected chi connectivity index (χ2v) is 13.1. The Morgan fingerprint density at radius 2 is 1.62 bits per heavy atom. The number of anilines is 2. The number of para-hydroxylation sites is 2. The highest BCUT2D eigenvalue weighted by molar-refractivity contribution is 6.05. The molecule has 0 bridgehead atoms. The normalized spacial score (nSPS) is 19.7. The molecule has 4 atom stereocenters. The van der Waals surface area contributed by atoms with Gasteiger partial charge in [-0.25, -0.2) is 0 Å². The van der Waals surface area contributed by atoms with Crippen LogP contribution in [-0.2, 0) is 28.7 Å². The molecule has 0 aromatic heterocycles. The average molecular weight is 679 g/mol. The largest absolute Gasteiger partial charge is 0.416 e. The molecule has 48 heavy (non-hydrogen) atoms. The number of hydrogen-bond donors (Lipinski definition) is 7. The maximum atomic E-state index is 14.0. The zero-order valence-corrected chi connectivity index (χ0v) is 26.7. The summed E-state index contributed by atoms with van der Waals surface area (Å²) in [6.07, 6.45) is -6.68. The molecule has 0 spiro atoms. The van der Waals surface area contributed by atoms with E-state index >= 15 is 0 Å². The van der Waals surface area contributed by atoms with Gasteiger partial charge in [0.25, 0.3) is 0 Å². The van der Waals surface area contributed by atoms with Crippen LogP contribution < -0.4 is 20.4 Å². The number of rotatable bonds is 16. The molecule has 2 amide bonds. The molecule has 3 aliphatic rings. The summed E-state index contributed by atoms with van der Waals surface area (Å²) in [6.45, 7) is -0.0901. The van der Waals surface area contributed by atoms with Gasteiger partial charge in [0.2, 0.25) is 11.8 Å². The van der Waals surface area contributed by atoms with E-state index in [1.807, 2.05) is 24.3 Å². The van der Waals surface area contributed by atoms with E-state index in [1.54, 1.807) is 4.90 Å². The van der Waals surface area contributed by atoms with Gasteiger partial charge < -0.3 is 40.6 Å². The Morgan fingerprint density at radius 3 is 2.27 bits per heavy atom. The predicted octanol–water partition coefficient (Wildman–Crippen LogP) is 1.61. The van der Waals surface area contributed by atoms with Gasteiger partial charge in [-0.1, -0.05) is 24.3 Å². The van der Waals surface area contributed by atoms with Gasteiger partial charge in [-0.15, -0.1) is 0 Å². The standard InChI is InChI=1S/C34H45F3N4O7/c35-34(36,37)24-12-9-21(5-1-4-8-29(45)38-19-27(43)30(46)31(47)28(44)20-42)17-22(24)18-39-33(13-14-33)32(48)41-16-15-40(23-10-11-23)25-6-2-3-7-26(25)41/h2-3,6-7,9,12,17,23,27-28,30-31,39,42-44,46-47H,1,4-5,8,10-11,13-16,18-20H2,(H,38,45)/t27-,28+,30+,31+/m0/s1. The van der Waals surface area contributed by atoms with E-state index in [2.05, 4.69) is 15.5 Å². The fourth-order valence-electron chi connectivity index (χ4n) is 6.31. The maximum absolute atomic E-state index is 14.0. The van der Waals surface area contributed by atoms with Gasteiger partial charge in [0.1, 0.15) is 18.3 Å². The van der Waals surface area contributed by atoms with Crippen LogP contribution >= 0.6 is 0 Å². The van der Waals surface area contributed by atoms with Crippen LogP contribution in [0.1, 0.15) is 61.6 Å². The highest BCUT2D eigenvalue weighted by atomic mass is 19.4. The first-order valence-electron chi connectivity index (χ1n) is 16.6. The lowest BCUT2D eigenvalue weighted by atomic mass is 9.99. The minimum atomic E-state index is -4.57. The average Bonchev–Trinajstić information content (AvgIpc) is 4.02. The molecule has 1 aliphatic heterocycles. The number of carbonyl (C=O) groups excluding carboxylic acids is 2. The van der Waals surface area contributed by atoms with Crippen LogP contribution in [0.15, 0.2) is 42.5 Å². The minimum absolute atomic E-state index is 0.0526. The van der Waals surface area contributed by atoms with Gasteiger partial charge in [-0.2, -0.15) is 13.2 Å². The molecule has 264 valence electrons. The van der Waals surface area contributed by atoms with E-state index in [0.717, 1.165) is 36.8 Å². The first-order valence-corrected chi connectivity index (χ1v) is 16.6. The third-order valence-corrected chi connectivity index (χ3v) is 9.48. The van der Waals surface area contributed by atoms with Gasteiger partial charge in [0.15, 0.2) is 0 Å². The van der Waals surface area contributed by atoms with Gasteiger partial charge in [-0.3, -0.25) is 14.9 Å². The number of nitrogens with zero attached hydrogens (tertiary/aromatic N) is 2. The quantitative estimate of drug-likeness (QED) is 0.131. The summed E-state index contributed by atoms with van der Waals surface area (Å²) < 4.78 is 42.0. The summed E-state index contributed by atoms with van der Waals surface area (Å²) in [5, 5.41) is 53.3. The Bertz CT molecular complexity index is 1440. The summed E-state index contributed by atoms with van der Waals surface area (Å²) >= 11 is 0. The van der Waals surface area contributed by atoms with Crippen LogP contribution in [0.25, 0.3) is 0 Å². The number of benzene rings is 2. The van der Waals surface area contributed by atoms with E-state index in [9.17, 15) is 43.2 Å². The van der Waals surface area contributed by atoms with Crippen molar-refractivity contribution in [1.29, 1.82) is 0 Å². The van der Waals surface area contributed by atoms with Crippen molar-refractivity contribution in [1.82, 2.24) is 10.6 Å². The third-order valence-electron chi connectivity index (χ3n) is 9.48. The molecule has 0 saturated heterocycles. The molecule has 14 heteroatoms.